The second kappa shape index (κ2) is 4.35. The second-order valence-electron chi connectivity index (χ2n) is 2.38. The highest BCUT2D eigenvalue weighted by Crippen LogP contribution is 2.01. The number of hydrogen-bond donors (Lipinski definition) is 1. The molecule has 0 radical (unpaired) electrons. The van der Waals surface area contributed by atoms with Crippen molar-refractivity contribution >= 4 is 12.2 Å². The third kappa shape index (κ3) is 2.66. The molecule has 0 saturated heterocycles. The molecule has 1 amide bonds. The minimum absolute atomic E-state index is 0.0315. The van der Waals surface area contributed by atoms with E-state index in [1.54, 1.807) is 0 Å². The Morgan fingerprint density at radius 1 is 1.38 bits per heavy atom. The number of amides is 1. The minimum atomic E-state index is -0.396. The van der Waals surface area contributed by atoms with Gasteiger partial charge in [-0.05, 0) is 24.3 Å². The Morgan fingerprint density at radius 2 is 2.00 bits per heavy atom. The summed E-state index contributed by atoms with van der Waals surface area (Å²) in [5.41, 5.74) is 0.336. The van der Waals surface area contributed by atoms with Gasteiger partial charge >= 0.3 is 0 Å². The fraction of sp³-hybridized carbons (Fsp3) is 0.111. The summed E-state index contributed by atoms with van der Waals surface area (Å²) >= 11 is 0. The number of nitrogens with one attached hydrogen (secondary N) is 1. The molecular formula is C9H8FNO2. The molecule has 0 heterocycles. The van der Waals surface area contributed by atoms with E-state index < -0.39 is 5.82 Å². The van der Waals surface area contributed by atoms with Crippen LogP contribution in [0.3, 0.4) is 0 Å². The van der Waals surface area contributed by atoms with Crippen LogP contribution in [0.4, 0.5) is 4.39 Å². The third-order valence-corrected chi connectivity index (χ3v) is 1.45. The molecule has 1 aromatic rings. The van der Waals surface area contributed by atoms with Gasteiger partial charge in [-0.2, -0.15) is 0 Å². The molecule has 13 heavy (non-hydrogen) atoms. The van der Waals surface area contributed by atoms with Gasteiger partial charge in [0.2, 0.25) is 0 Å². The maximum absolute atomic E-state index is 12.4. The smallest absolute Gasteiger partial charge is 0.251 e. The summed E-state index contributed by atoms with van der Waals surface area (Å²) < 4.78 is 12.4. The molecule has 4 heteroatoms. The predicted molar refractivity (Wildman–Crippen MR) is 44.8 cm³/mol. The van der Waals surface area contributed by atoms with Crippen LogP contribution >= 0.6 is 0 Å². The number of aldehydes is 1. The van der Waals surface area contributed by atoms with Gasteiger partial charge in [-0.15, -0.1) is 0 Å². The molecule has 1 rings (SSSR count). The summed E-state index contributed by atoms with van der Waals surface area (Å²) in [6, 6.07) is 5.09. The van der Waals surface area contributed by atoms with E-state index in [1.165, 1.54) is 24.3 Å². The molecular weight excluding hydrogens is 173 g/mol. The summed E-state index contributed by atoms with van der Waals surface area (Å²) in [4.78, 5) is 21.0. The van der Waals surface area contributed by atoms with Crippen molar-refractivity contribution < 1.29 is 14.0 Å². The van der Waals surface area contributed by atoms with Gasteiger partial charge in [0.1, 0.15) is 12.1 Å². The standard InChI is InChI=1S/C9H8FNO2/c10-8-3-1-7(2-4-8)9(13)11-5-6-12/h1-4,6H,5H2,(H,11,13). The SMILES string of the molecule is O=CCNC(=O)c1ccc(F)cc1. The minimum Gasteiger partial charge on any atom is -0.345 e. The van der Waals surface area contributed by atoms with E-state index in [2.05, 4.69) is 5.32 Å². The summed E-state index contributed by atoms with van der Waals surface area (Å²) in [5, 5.41) is 2.34. The lowest BCUT2D eigenvalue weighted by atomic mass is 10.2. The first kappa shape index (κ1) is 9.38. The van der Waals surface area contributed by atoms with Gasteiger partial charge in [0.25, 0.3) is 5.91 Å². The molecule has 68 valence electrons. The van der Waals surface area contributed by atoms with Crippen LogP contribution in [-0.4, -0.2) is 18.7 Å². The van der Waals surface area contributed by atoms with Gasteiger partial charge in [0.05, 0.1) is 6.54 Å². The van der Waals surface area contributed by atoms with Gasteiger partial charge in [-0.25, -0.2) is 4.39 Å². The summed E-state index contributed by atoms with van der Waals surface area (Å²) in [7, 11) is 0. The largest absolute Gasteiger partial charge is 0.345 e. The number of hydrogen-bond acceptors (Lipinski definition) is 2. The van der Waals surface area contributed by atoms with E-state index in [4.69, 9.17) is 0 Å². The lowest BCUT2D eigenvalue weighted by molar-refractivity contribution is -0.107. The van der Waals surface area contributed by atoms with E-state index in [0.29, 0.717) is 11.8 Å². The average Bonchev–Trinajstić information content (AvgIpc) is 2.15. The average molecular weight is 181 g/mol. The zero-order valence-corrected chi connectivity index (χ0v) is 6.79. The van der Waals surface area contributed by atoms with Crippen LogP contribution in [0.1, 0.15) is 10.4 Å². The highest BCUT2D eigenvalue weighted by molar-refractivity contribution is 5.94. The van der Waals surface area contributed by atoms with Gasteiger partial charge in [0, 0.05) is 5.56 Å². The van der Waals surface area contributed by atoms with Crippen molar-refractivity contribution in [3.05, 3.63) is 35.6 Å². The fourth-order valence-corrected chi connectivity index (χ4v) is 0.838. The van der Waals surface area contributed by atoms with Gasteiger partial charge < -0.3 is 10.1 Å². The number of carbonyl (C=O) groups is 2. The van der Waals surface area contributed by atoms with Gasteiger partial charge in [-0.1, -0.05) is 0 Å². The Labute approximate surface area is 74.6 Å². The monoisotopic (exact) mass is 181 g/mol. The first-order valence-electron chi connectivity index (χ1n) is 3.71. The molecule has 0 aromatic heterocycles. The van der Waals surface area contributed by atoms with Crippen LogP contribution < -0.4 is 5.32 Å². The van der Waals surface area contributed by atoms with Crippen LogP contribution in [0.2, 0.25) is 0 Å². The van der Waals surface area contributed by atoms with E-state index >= 15 is 0 Å². The Bertz CT molecular complexity index is 308. The molecule has 0 unspecified atom stereocenters. The van der Waals surface area contributed by atoms with Crippen molar-refractivity contribution in [2.24, 2.45) is 0 Å². The Hall–Kier alpha value is -1.71. The summed E-state index contributed by atoms with van der Waals surface area (Å²) in [6.07, 6.45) is 0.585. The van der Waals surface area contributed by atoms with Gasteiger partial charge in [-0.3, -0.25) is 4.79 Å². The van der Waals surface area contributed by atoms with Crippen LogP contribution in [0.25, 0.3) is 0 Å². The normalized spacial score (nSPS) is 9.31. The first-order chi connectivity index (χ1) is 6.24. The third-order valence-electron chi connectivity index (χ3n) is 1.45. The molecule has 0 saturated carbocycles. The lowest BCUT2D eigenvalue weighted by Gasteiger charge is -1.99. The maximum atomic E-state index is 12.4. The molecule has 0 aliphatic rings. The topological polar surface area (TPSA) is 46.2 Å². The van der Waals surface area contributed by atoms with Crippen molar-refractivity contribution in [2.75, 3.05) is 6.54 Å². The summed E-state index contributed by atoms with van der Waals surface area (Å²) in [5.74, 6) is -0.779. The number of carbonyl (C=O) groups excluding carboxylic acids is 2. The summed E-state index contributed by atoms with van der Waals surface area (Å²) in [6.45, 7) is -0.0315. The van der Waals surface area contributed by atoms with Crippen molar-refractivity contribution in [3.63, 3.8) is 0 Å². The highest BCUT2D eigenvalue weighted by Gasteiger charge is 2.03. The predicted octanol–water partition coefficient (Wildman–Crippen LogP) is 0.754. The van der Waals surface area contributed by atoms with Crippen LogP contribution in [0.5, 0.6) is 0 Å². The lowest BCUT2D eigenvalue weighted by Crippen LogP contribution is -2.24. The highest BCUT2D eigenvalue weighted by atomic mass is 19.1. The Balaban J connectivity index is 2.66. The van der Waals surface area contributed by atoms with Crippen molar-refractivity contribution in [1.29, 1.82) is 0 Å². The number of rotatable bonds is 3. The van der Waals surface area contributed by atoms with Crippen LogP contribution in [-0.2, 0) is 4.79 Å². The molecule has 0 aliphatic heterocycles. The first-order valence-corrected chi connectivity index (χ1v) is 3.71. The van der Waals surface area contributed by atoms with Crippen LogP contribution in [0.15, 0.2) is 24.3 Å². The molecule has 0 bridgehead atoms. The molecule has 1 aromatic carbocycles. The Kier molecular flexibility index (Phi) is 3.14. The zero-order valence-electron chi connectivity index (χ0n) is 6.79. The molecule has 1 N–H and O–H groups in total. The molecule has 0 atom stereocenters. The molecule has 0 aliphatic carbocycles. The molecule has 3 nitrogen and oxygen atoms in total. The van der Waals surface area contributed by atoms with Crippen molar-refractivity contribution in [3.8, 4) is 0 Å². The molecule has 0 fully saturated rings. The quantitative estimate of drug-likeness (QED) is 0.699. The van der Waals surface area contributed by atoms with E-state index in [-0.39, 0.29) is 12.5 Å². The van der Waals surface area contributed by atoms with E-state index in [1.807, 2.05) is 0 Å². The van der Waals surface area contributed by atoms with Gasteiger partial charge in [0.15, 0.2) is 0 Å². The van der Waals surface area contributed by atoms with Crippen molar-refractivity contribution in [1.82, 2.24) is 5.32 Å². The Morgan fingerprint density at radius 3 is 2.54 bits per heavy atom. The van der Waals surface area contributed by atoms with E-state index in [9.17, 15) is 14.0 Å². The van der Waals surface area contributed by atoms with Crippen LogP contribution in [0, 0.1) is 5.82 Å². The number of halogens is 1. The van der Waals surface area contributed by atoms with Crippen molar-refractivity contribution in [2.45, 2.75) is 0 Å². The molecule has 0 spiro atoms. The number of benzene rings is 1. The second-order valence-corrected chi connectivity index (χ2v) is 2.38. The fourth-order valence-electron chi connectivity index (χ4n) is 0.838. The zero-order chi connectivity index (χ0) is 9.68. The van der Waals surface area contributed by atoms with E-state index in [0.717, 1.165) is 0 Å². The maximum Gasteiger partial charge on any atom is 0.251 e.